The van der Waals surface area contributed by atoms with Gasteiger partial charge >= 0.3 is 0 Å². The monoisotopic (exact) mass is 319 g/mol. The van der Waals surface area contributed by atoms with Crippen LogP contribution >= 0.6 is 0 Å². The lowest BCUT2D eigenvalue weighted by Crippen LogP contribution is -2.19. The maximum absolute atomic E-state index is 6.36. The fourth-order valence-electron chi connectivity index (χ4n) is 3.78. The van der Waals surface area contributed by atoms with Crippen molar-refractivity contribution in [1.82, 2.24) is 4.57 Å². The smallest absolute Gasteiger partial charge is 0.129 e. The van der Waals surface area contributed by atoms with E-state index in [4.69, 9.17) is 10.5 Å². The molecule has 2 N–H and O–H groups in total. The first kappa shape index (κ1) is 15.3. The molecule has 3 heteroatoms. The van der Waals surface area contributed by atoms with Crippen molar-refractivity contribution in [3.63, 3.8) is 0 Å². The van der Waals surface area contributed by atoms with Gasteiger partial charge < -0.3 is 15.0 Å². The minimum absolute atomic E-state index is 0.0845. The number of nitrogens with zero attached hydrogens (tertiary/aromatic N) is 1. The van der Waals surface area contributed by atoms with Gasteiger partial charge in [0.05, 0.1) is 11.7 Å². The molecule has 1 atom stereocenters. The average Bonchev–Trinajstić information content (AvgIpc) is 3.20. The van der Waals surface area contributed by atoms with Crippen LogP contribution in [0.4, 0.5) is 0 Å². The quantitative estimate of drug-likeness (QED) is 0.757. The highest BCUT2D eigenvalue weighted by Gasteiger charge is 2.25. The van der Waals surface area contributed by atoms with Gasteiger partial charge in [0.25, 0.3) is 0 Å². The number of aromatic nitrogens is 1. The van der Waals surface area contributed by atoms with E-state index >= 15 is 0 Å². The van der Waals surface area contributed by atoms with Gasteiger partial charge in [0.1, 0.15) is 12.4 Å². The Bertz CT molecular complexity index is 851. The molecular formula is C21H23N2O. The molecule has 4 rings (SSSR count). The number of ether oxygens (including phenoxy) is 1. The van der Waals surface area contributed by atoms with E-state index < -0.39 is 0 Å². The van der Waals surface area contributed by atoms with E-state index in [-0.39, 0.29) is 6.17 Å². The van der Waals surface area contributed by atoms with Crippen molar-refractivity contribution < 1.29 is 4.74 Å². The first-order chi connectivity index (χ1) is 11.8. The summed E-state index contributed by atoms with van der Waals surface area (Å²) < 4.78 is 8.48. The molecule has 0 aliphatic heterocycles. The summed E-state index contributed by atoms with van der Waals surface area (Å²) in [5, 5.41) is 1.25. The van der Waals surface area contributed by atoms with E-state index in [1.165, 1.54) is 34.1 Å². The highest BCUT2D eigenvalue weighted by atomic mass is 16.5. The molecule has 0 saturated carbocycles. The maximum Gasteiger partial charge on any atom is 0.129 e. The molecule has 1 aliphatic carbocycles. The summed E-state index contributed by atoms with van der Waals surface area (Å²) in [6.07, 6.45) is 5.38. The van der Waals surface area contributed by atoms with E-state index in [1.54, 1.807) is 0 Å². The zero-order valence-corrected chi connectivity index (χ0v) is 14.0. The molecular weight excluding hydrogens is 296 g/mol. The maximum atomic E-state index is 6.36. The van der Waals surface area contributed by atoms with E-state index in [0.717, 1.165) is 18.6 Å². The lowest BCUT2D eigenvalue weighted by molar-refractivity contribution is 0.310. The summed E-state index contributed by atoms with van der Waals surface area (Å²) in [6.45, 7) is 2.61. The normalized spacial score (nSPS) is 14.8. The van der Waals surface area contributed by atoms with E-state index in [1.807, 2.05) is 25.1 Å². The first-order valence-corrected chi connectivity index (χ1v) is 8.66. The summed E-state index contributed by atoms with van der Waals surface area (Å²) in [4.78, 5) is 0. The molecule has 3 aromatic rings. The molecule has 0 amide bonds. The predicted octanol–water partition coefficient (Wildman–Crippen LogP) is 4.39. The van der Waals surface area contributed by atoms with Crippen molar-refractivity contribution in [2.24, 2.45) is 5.73 Å². The number of nitrogens with two attached hydrogens (primary N) is 1. The van der Waals surface area contributed by atoms with Gasteiger partial charge in [-0.3, -0.25) is 0 Å². The van der Waals surface area contributed by atoms with Gasteiger partial charge in [0.2, 0.25) is 0 Å². The summed E-state index contributed by atoms with van der Waals surface area (Å²) in [7, 11) is 0. The number of rotatable bonds is 5. The Hall–Kier alpha value is -2.26. The van der Waals surface area contributed by atoms with E-state index in [0.29, 0.717) is 6.61 Å². The van der Waals surface area contributed by atoms with Gasteiger partial charge in [-0.1, -0.05) is 43.3 Å². The third-order valence-electron chi connectivity index (χ3n) is 4.92. The summed E-state index contributed by atoms with van der Waals surface area (Å²) in [5.41, 5.74) is 11.5. The van der Waals surface area contributed by atoms with Crippen molar-refractivity contribution in [2.45, 2.75) is 39.0 Å². The standard InChI is InChI=1S/C21H23N2O/c1-2-20(22)23-17-11-6-10-16(17)21-18(23)12-7-13-19(21)24-14-15-8-4-3-5-9-15/h2-5,7-9,12-13,20H,6,10-11,14,22H2,1H3/t20-/m0/s1. The fraction of sp³-hybridized carbons (Fsp3) is 0.286. The van der Waals surface area contributed by atoms with Crippen LogP contribution in [0.25, 0.3) is 10.9 Å². The molecule has 0 bridgehead atoms. The number of hydrogen-bond donors (Lipinski definition) is 1. The largest absolute Gasteiger partial charge is 0.488 e. The van der Waals surface area contributed by atoms with Crippen LogP contribution in [-0.2, 0) is 19.4 Å². The minimum atomic E-state index is -0.0845. The van der Waals surface area contributed by atoms with Crippen molar-refractivity contribution in [3.05, 3.63) is 71.8 Å². The Labute approximate surface area is 143 Å². The van der Waals surface area contributed by atoms with Gasteiger partial charge in [-0.05, 0) is 48.9 Å². The van der Waals surface area contributed by atoms with Crippen molar-refractivity contribution in [1.29, 1.82) is 0 Å². The predicted molar refractivity (Wildman–Crippen MR) is 97.9 cm³/mol. The molecule has 1 radical (unpaired) electrons. The van der Waals surface area contributed by atoms with Crippen LogP contribution in [0.2, 0.25) is 0 Å². The van der Waals surface area contributed by atoms with Crippen molar-refractivity contribution in [3.8, 4) is 5.75 Å². The Morgan fingerprint density at radius 2 is 1.96 bits per heavy atom. The van der Waals surface area contributed by atoms with Gasteiger partial charge in [0, 0.05) is 11.1 Å². The summed E-state index contributed by atoms with van der Waals surface area (Å²) in [6, 6.07) is 16.6. The molecule has 123 valence electrons. The SMILES string of the molecule is C[CH][C@@H](N)n1c2c(c3c(OCc4ccccc4)cccc31)CCC2. The van der Waals surface area contributed by atoms with Crippen LogP contribution in [0.3, 0.4) is 0 Å². The first-order valence-electron chi connectivity index (χ1n) is 8.66. The molecule has 3 nitrogen and oxygen atoms in total. The van der Waals surface area contributed by atoms with Gasteiger partial charge in [-0.15, -0.1) is 0 Å². The summed E-state index contributed by atoms with van der Waals surface area (Å²) in [5.74, 6) is 0.969. The van der Waals surface area contributed by atoms with E-state index in [9.17, 15) is 0 Å². The molecule has 0 fully saturated rings. The molecule has 24 heavy (non-hydrogen) atoms. The number of aryl methyl sites for hydroxylation is 1. The van der Waals surface area contributed by atoms with Gasteiger partial charge in [-0.25, -0.2) is 0 Å². The highest BCUT2D eigenvalue weighted by molar-refractivity contribution is 5.92. The zero-order valence-electron chi connectivity index (χ0n) is 14.0. The Morgan fingerprint density at radius 1 is 1.12 bits per heavy atom. The average molecular weight is 319 g/mol. The number of hydrogen-bond acceptors (Lipinski definition) is 2. The van der Waals surface area contributed by atoms with Crippen LogP contribution in [0.15, 0.2) is 48.5 Å². The molecule has 1 aliphatic rings. The second-order valence-electron chi connectivity index (χ2n) is 6.40. The Kier molecular flexibility index (Phi) is 4.03. The molecule has 1 aromatic heterocycles. The molecule has 0 spiro atoms. The highest BCUT2D eigenvalue weighted by Crippen LogP contribution is 2.40. The second-order valence-corrected chi connectivity index (χ2v) is 6.40. The van der Waals surface area contributed by atoms with Crippen LogP contribution < -0.4 is 10.5 Å². The molecule has 0 unspecified atom stereocenters. The zero-order chi connectivity index (χ0) is 16.5. The van der Waals surface area contributed by atoms with Crippen LogP contribution in [0, 0.1) is 6.42 Å². The molecule has 2 aromatic carbocycles. The fourth-order valence-corrected chi connectivity index (χ4v) is 3.78. The van der Waals surface area contributed by atoms with Crippen LogP contribution in [0.1, 0.15) is 36.3 Å². The molecule has 1 heterocycles. The minimum Gasteiger partial charge on any atom is -0.488 e. The lowest BCUT2D eigenvalue weighted by atomic mass is 10.1. The van der Waals surface area contributed by atoms with Gasteiger partial charge in [-0.2, -0.15) is 0 Å². The second kappa shape index (κ2) is 6.33. The number of benzene rings is 2. The summed E-state index contributed by atoms with van der Waals surface area (Å²) >= 11 is 0. The topological polar surface area (TPSA) is 40.2 Å². The number of fused-ring (bicyclic) bond motifs is 3. The lowest BCUT2D eigenvalue weighted by Gasteiger charge is -2.16. The van der Waals surface area contributed by atoms with E-state index in [2.05, 4.69) is 41.3 Å². The molecule has 0 saturated heterocycles. The van der Waals surface area contributed by atoms with Crippen LogP contribution in [0.5, 0.6) is 5.75 Å². The third-order valence-corrected chi connectivity index (χ3v) is 4.92. The van der Waals surface area contributed by atoms with Crippen LogP contribution in [-0.4, -0.2) is 4.57 Å². The van der Waals surface area contributed by atoms with Crippen molar-refractivity contribution >= 4 is 10.9 Å². The van der Waals surface area contributed by atoms with Gasteiger partial charge in [0.15, 0.2) is 0 Å². The third kappa shape index (κ3) is 2.49. The Balaban J connectivity index is 1.77. The van der Waals surface area contributed by atoms with Crippen molar-refractivity contribution in [2.75, 3.05) is 0 Å². The Morgan fingerprint density at radius 3 is 2.75 bits per heavy atom.